The molecule has 0 aliphatic carbocycles. The molecule has 1 unspecified atom stereocenters. The number of ether oxygens (including phenoxy) is 1. The summed E-state index contributed by atoms with van der Waals surface area (Å²) in [5, 5.41) is 6.77. The quantitative estimate of drug-likeness (QED) is 0.350. The standard InChI is InChI=1S/C20H35N5O.HI/c1-17(15-22-19(21-4)23-16-20(2,3)26-5)24-11-13-25(14-12-24)18-9-7-6-8-10-18;/h6-10,17H,11-16H2,1-5H3,(H2,21,22,23);1H. The lowest BCUT2D eigenvalue weighted by molar-refractivity contribution is 0.0268. The predicted octanol–water partition coefficient (Wildman–Crippen LogP) is 2.41. The van der Waals surface area contributed by atoms with E-state index in [2.05, 4.69) is 76.5 Å². The SMILES string of the molecule is CN=C(NCC(C)N1CCN(c2ccccc2)CC1)NCC(C)(C)OC.I. The predicted molar refractivity (Wildman–Crippen MR) is 126 cm³/mol. The molecule has 7 heteroatoms. The summed E-state index contributed by atoms with van der Waals surface area (Å²) in [7, 11) is 3.54. The fourth-order valence-electron chi connectivity index (χ4n) is 3.02. The molecule has 1 fully saturated rings. The Morgan fingerprint density at radius 3 is 2.33 bits per heavy atom. The summed E-state index contributed by atoms with van der Waals surface area (Å²) < 4.78 is 5.44. The van der Waals surface area contributed by atoms with Crippen LogP contribution in [0.4, 0.5) is 5.69 Å². The van der Waals surface area contributed by atoms with Gasteiger partial charge in [-0.2, -0.15) is 0 Å². The van der Waals surface area contributed by atoms with Gasteiger partial charge in [0.2, 0.25) is 0 Å². The summed E-state index contributed by atoms with van der Waals surface area (Å²) in [4.78, 5) is 9.31. The molecule has 1 atom stereocenters. The molecule has 1 aromatic rings. The topological polar surface area (TPSA) is 52.1 Å². The third-order valence-corrected chi connectivity index (χ3v) is 5.08. The molecular formula is C20H36IN5O. The summed E-state index contributed by atoms with van der Waals surface area (Å²) in [6, 6.07) is 11.1. The fourth-order valence-corrected chi connectivity index (χ4v) is 3.02. The van der Waals surface area contributed by atoms with Crippen molar-refractivity contribution in [2.45, 2.75) is 32.4 Å². The number of benzene rings is 1. The Balaban J connectivity index is 0.00000364. The second-order valence-electron chi connectivity index (χ2n) is 7.48. The van der Waals surface area contributed by atoms with Crippen LogP contribution in [0.3, 0.4) is 0 Å². The molecule has 1 aliphatic rings. The van der Waals surface area contributed by atoms with Crippen molar-refractivity contribution in [2.75, 3.05) is 58.3 Å². The Morgan fingerprint density at radius 2 is 1.78 bits per heavy atom. The van der Waals surface area contributed by atoms with Crippen LogP contribution < -0.4 is 15.5 Å². The average Bonchev–Trinajstić information content (AvgIpc) is 2.68. The van der Waals surface area contributed by atoms with Gasteiger partial charge < -0.3 is 20.3 Å². The van der Waals surface area contributed by atoms with E-state index in [1.54, 1.807) is 14.2 Å². The minimum Gasteiger partial charge on any atom is -0.377 e. The number of nitrogens with zero attached hydrogens (tertiary/aromatic N) is 3. The number of anilines is 1. The number of nitrogens with one attached hydrogen (secondary N) is 2. The van der Waals surface area contributed by atoms with Crippen molar-refractivity contribution in [3.05, 3.63) is 30.3 Å². The van der Waals surface area contributed by atoms with Gasteiger partial charge in [-0.05, 0) is 32.9 Å². The van der Waals surface area contributed by atoms with Crippen LogP contribution in [0.5, 0.6) is 0 Å². The first kappa shape index (κ1) is 24.0. The Bertz CT molecular complexity index is 559. The Hall–Kier alpha value is -1.06. The van der Waals surface area contributed by atoms with Gasteiger partial charge >= 0.3 is 0 Å². The number of methoxy groups -OCH3 is 1. The number of aliphatic imine (C=N–C) groups is 1. The monoisotopic (exact) mass is 489 g/mol. The van der Waals surface area contributed by atoms with Crippen molar-refractivity contribution >= 4 is 35.6 Å². The second-order valence-corrected chi connectivity index (χ2v) is 7.48. The molecule has 0 radical (unpaired) electrons. The zero-order chi connectivity index (χ0) is 19.0. The maximum Gasteiger partial charge on any atom is 0.191 e. The van der Waals surface area contributed by atoms with Crippen LogP contribution in [0.25, 0.3) is 0 Å². The van der Waals surface area contributed by atoms with E-state index in [9.17, 15) is 0 Å². The van der Waals surface area contributed by atoms with Gasteiger partial charge in [0.1, 0.15) is 0 Å². The van der Waals surface area contributed by atoms with E-state index in [-0.39, 0.29) is 29.6 Å². The normalized spacial score (nSPS) is 17.2. The lowest BCUT2D eigenvalue weighted by atomic mass is 10.1. The van der Waals surface area contributed by atoms with Gasteiger partial charge in [-0.25, -0.2) is 0 Å². The Morgan fingerprint density at radius 1 is 1.15 bits per heavy atom. The number of rotatable bonds is 7. The molecule has 0 saturated carbocycles. The first-order valence-electron chi connectivity index (χ1n) is 9.49. The molecule has 0 bridgehead atoms. The average molecular weight is 489 g/mol. The second kappa shape index (κ2) is 11.7. The van der Waals surface area contributed by atoms with Gasteiger partial charge in [0, 0.05) is 65.2 Å². The Kier molecular flexibility index (Phi) is 10.4. The van der Waals surface area contributed by atoms with Crippen LogP contribution in [0.2, 0.25) is 0 Å². The van der Waals surface area contributed by atoms with Crippen LogP contribution in [0.15, 0.2) is 35.3 Å². The molecule has 2 rings (SSSR count). The molecule has 154 valence electrons. The van der Waals surface area contributed by atoms with E-state index in [0.29, 0.717) is 12.6 Å². The van der Waals surface area contributed by atoms with Gasteiger partial charge in [0.25, 0.3) is 0 Å². The lowest BCUT2D eigenvalue weighted by Crippen LogP contribution is -2.54. The zero-order valence-electron chi connectivity index (χ0n) is 17.4. The van der Waals surface area contributed by atoms with Crippen molar-refractivity contribution in [1.29, 1.82) is 0 Å². The highest BCUT2D eigenvalue weighted by molar-refractivity contribution is 14.0. The van der Waals surface area contributed by atoms with E-state index in [0.717, 1.165) is 38.7 Å². The first-order valence-corrected chi connectivity index (χ1v) is 9.49. The maximum atomic E-state index is 5.44. The van der Waals surface area contributed by atoms with Crippen LogP contribution in [0, 0.1) is 0 Å². The molecule has 0 spiro atoms. The maximum absolute atomic E-state index is 5.44. The highest BCUT2D eigenvalue weighted by atomic mass is 127. The molecule has 1 heterocycles. The molecule has 6 nitrogen and oxygen atoms in total. The van der Waals surface area contributed by atoms with Crippen LogP contribution in [-0.2, 0) is 4.74 Å². The van der Waals surface area contributed by atoms with Gasteiger partial charge in [-0.3, -0.25) is 9.89 Å². The van der Waals surface area contributed by atoms with E-state index < -0.39 is 0 Å². The molecule has 0 amide bonds. The third-order valence-electron chi connectivity index (χ3n) is 5.08. The van der Waals surface area contributed by atoms with Gasteiger partial charge in [-0.15, -0.1) is 24.0 Å². The summed E-state index contributed by atoms with van der Waals surface area (Å²) in [5.41, 5.74) is 1.11. The Labute approximate surface area is 181 Å². The smallest absolute Gasteiger partial charge is 0.191 e. The van der Waals surface area contributed by atoms with Crippen LogP contribution in [0.1, 0.15) is 20.8 Å². The fraction of sp³-hybridized carbons (Fsp3) is 0.650. The third kappa shape index (κ3) is 7.83. The zero-order valence-corrected chi connectivity index (χ0v) is 19.7. The molecular weight excluding hydrogens is 453 g/mol. The van der Waals surface area contributed by atoms with Gasteiger partial charge in [0.05, 0.1) is 5.60 Å². The highest BCUT2D eigenvalue weighted by Gasteiger charge is 2.22. The number of piperazine rings is 1. The van der Waals surface area contributed by atoms with E-state index in [4.69, 9.17) is 4.74 Å². The van der Waals surface area contributed by atoms with Crippen molar-refractivity contribution in [1.82, 2.24) is 15.5 Å². The minimum atomic E-state index is -0.211. The number of guanidine groups is 1. The van der Waals surface area contributed by atoms with Crippen LogP contribution >= 0.6 is 24.0 Å². The van der Waals surface area contributed by atoms with Crippen molar-refractivity contribution < 1.29 is 4.74 Å². The summed E-state index contributed by atoms with van der Waals surface area (Å²) in [6.45, 7) is 12.3. The van der Waals surface area contributed by atoms with E-state index in [1.807, 2.05) is 0 Å². The number of para-hydroxylation sites is 1. The first-order chi connectivity index (χ1) is 12.4. The van der Waals surface area contributed by atoms with Crippen molar-refractivity contribution in [3.8, 4) is 0 Å². The van der Waals surface area contributed by atoms with Crippen LogP contribution in [-0.4, -0.2) is 75.9 Å². The van der Waals surface area contributed by atoms with E-state index >= 15 is 0 Å². The molecule has 0 aromatic heterocycles. The molecule has 27 heavy (non-hydrogen) atoms. The molecule has 1 aromatic carbocycles. The molecule has 1 aliphatic heterocycles. The van der Waals surface area contributed by atoms with Crippen molar-refractivity contribution in [2.24, 2.45) is 4.99 Å². The number of hydrogen-bond acceptors (Lipinski definition) is 4. The molecule has 1 saturated heterocycles. The minimum absolute atomic E-state index is 0. The summed E-state index contributed by atoms with van der Waals surface area (Å²) in [5.74, 6) is 0.824. The lowest BCUT2D eigenvalue weighted by Gasteiger charge is -2.39. The van der Waals surface area contributed by atoms with Gasteiger partial charge in [-0.1, -0.05) is 18.2 Å². The number of hydrogen-bond donors (Lipinski definition) is 2. The summed E-state index contributed by atoms with van der Waals surface area (Å²) in [6.07, 6.45) is 0. The van der Waals surface area contributed by atoms with Gasteiger partial charge in [0.15, 0.2) is 5.96 Å². The molecule has 2 N–H and O–H groups in total. The van der Waals surface area contributed by atoms with E-state index in [1.165, 1.54) is 5.69 Å². The van der Waals surface area contributed by atoms with Crippen molar-refractivity contribution in [3.63, 3.8) is 0 Å². The number of halogens is 1. The largest absolute Gasteiger partial charge is 0.377 e. The summed E-state index contributed by atoms with van der Waals surface area (Å²) >= 11 is 0. The highest BCUT2D eigenvalue weighted by Crippen LogP contribution is 2.16.